The first-order chi connectivity index (χ1) is 15.0. The Morgan fingerprint density at radius 2 is 2.03 bits per heavy atom. The van der Waals surface area contributed by atoms with Gasteiger partial charge in [-0.2, -0.15) is 5.26 Å². The molecule has 1 amide bonds. The van der Waals surface area contributed by atoms with Gasteiger partial charge in [-0.15, -0.1) is 11.3 Å². The van der Waals surface area contributed by atoms with Crippen molar-refractivity contribution < 1.29 is 9.18 Å². The summed E-state index contributed by atoms with van der Waals surface area (Å²) < 4.78 is 16.2. The van der Waals surface area contributed by atoms with Crippen LogP contribution in [0.25, 0.3) is 17.0 Å². The van der Waals surface area contributed by atoms with Gasteiger partial charge >= 0.3 is 0 Å². The molecule has 0 atom stereocenters. The van der Waals surface area contributed by atoms with E-state index in [0.717, 1.165) is 31.4 Å². The third kappa shape index (κ3) is 4.93. The maximum absolute atomic E-state index is 13.3. The number of amides is 1. The number of aromatic nitrogens is 1. The number of benzene rings is 2. The zero-order chi connectivity index (χ0) is 21.8. The fraction of sp³-hybridized carbons (Fsp3) is 0.0833. The lowest BCUT2D eigenvalue weighted by Gasteiger charge is -2.05. The van der Waals surface area contributed by atoms with Crippen LogP contribution in [-0.2, 0) is 17.9 Å². The number of thiophene rings is 1. The fourth-order valence-electron chi connectivity index (χ4n) is 3.31. The summed E-state index contributed by atoms with van der Waals surface area (Å²) in [6, 6.07) is 18.1. The average Bonchev–Trinajstić information content (AvgIpc) is 3.40. The van der Waals surface area contributed by atoms with E-state index in [4.69, 9.17) is 0 Å². The van der Waals surface area contributed by atoms with Gasteiger partial charge in [-0.25, -0.2) is 4.39 Å². The van der Waals surface area contributed by atoms with Crippen molar-refractivity contribution in [2.24, 2.45) is 0 Å². The number of nitrogens with zero attached hydrogens (tertiary/aromatic N) is 2. The number of halogens is 2. The van der Waals surface area contributed by atoms with E-state index in [-0.39, 0.29) is 11.4 Å². The summed E-state index contributed by atoms with van der Waals surface area (Å²) in [7, 11) is 0. The van der Waals surface area contributed by atoms with Gasteiger partial charge in [0.1, 0.15) is 17.5 Å². The third-order valence-electron chi connectivity index (χ3n) is 4.81. The Morgan fingerprint density at radius 3 is 2.74 bits per heavy atom. The van der Waals surface area contributed by atoms with Crippen LogP contribution in [0.2, 0.25) is 0 Å². The van der Waals surface area contributed by atoms with E-state index in [1.807, 2.05) is 52.5 Å². The molecule has 2 heterocycles. The maximum atomic E-state index is 13.3. The van der Waals surface area contributed by atoms with Crippen LogP contribution in [0.3, 0.4) is 0 Å². The number of carbonyl (C=O) groups is 1. The first-order valence-electron chi connectivity index (χ1n) is 9.48. The largest absolute Gasteiger partial charge is 0.347 e. The summed E-state index contributed by atoms with van der Waals surface area (Å²) in [6.07, 6.45) is 3.52. The van der Waals surface area contributed by atoms with Crippen molar-refractivity contribution in [1.82, 2.24) is 9.88 Å². The molecule has 0 radical (unpaired) electrons. The van der Waals surface area contributed by atoms with Gasteiger partial charge in [0.05, 0.1) is 6.54 Å². The molecule has 4 nitrogen and oxygen atoms in total. The highest BCUT2D eigenvalue weighted by Crippen LogP contribution is 2.28. The monoisotopic (exact) mass is 493 g/mol. The number of hydrogen-bond donors (Lipinski definition) is 1. The van der Waals surface area contributed by atoms with E-state index in [2.05, 4.69) is 21.2 Å². The third-order valence-corrected chi connectivity index (χ3v) is 6.18. The smallest absolute Gasteiger partial charge is 0.262 e. The molecule has 31 heavy (non-hydrogen) atoms. The second-order valence-electron chi connectivity index (χ2n) is 6.93. The van der Waals surface area contributed by atoms with Gasteiger partial charge in [0, 0.05) is 38.6 Å². The lowest BCUT2D eigenvalue weighted by Crippen LogP contribution is -2.23. The predicted octanol–water partition coefficient (Wildman–Crippen LogP) is 5.88. The molecule has 0 fully saturated rings. The highest BCUT2D eigenvalue weighted by molar-refractivity contribution is 9.10. The van der Waals surface area contributed by atoms with Crippen LogP contribution >= 0.6 is 27.3 Å². The molecule has 2 aromatic heterocycles. The van der Waals surface area contributed by atoms with E-state index < -0.39 is 5.91 Å². The Balaban J connectivity index is 1.66. The number of nitriles is 1. The molecule has 4 rings (SSSR count). The summed E-state index contributed by atoms with van der Waals surface area (Å²) >= 11 is 5.04. The molecule has 0 saturated carbocycles. The molecule has 0 aliphatic carbocycles. The maximum Gasteiger partial charge on any atom is 0.262 e. The molecule has 1 N–H and O–H groups in total. The predicted molar refractivity (Wildman–Crippen MR) is 125 cm³/mol. The quantitative estimate of drug-likeness (QED) is 0.269. The molecule has 0 spiro atoms. The van der Waals surface area contributed by atoms with Crippen molar-refractivity contribution in [3.05, 3.63) is 98.0 Å². The second-order valence-corrected chi connectivity index (χ2v) is 8.88. The molecule has 4 aromatic rings. The number of carbonyl (C=O) groups excluding carboxylic acids is 1. The Labute approximate surface area is 191 Å². The Bertz CT molecular complexity index is 1300. The summed E-state index contributed by atoms with van der Waals surface area (Å²) in [5.41, 5.74) is 2.71. The van der Waals surface area contributed by atoms with E-state index in [0.29, 0.717) is 13.1 Å². The lowest BCUT2D eigenvalue weighted by molar-refractivity contribution is -0.117. The lowest BCUT2D eigenvalue weighted by atomic mass is 10.1. The minimum absolute atomic E-state index is 0.0392. The Morgan fingerprint density at radius 1 is 1.23 bits per heavy atom. The Kier molecular flexibility index (Phi) is 6.31. The molecule has 154 valence electrons. The number of rotatable bonds is 6. The van der Waals surface area contributed by atoms with Gasteiger partial charge in [0.2, 0.25) is 0 Å². The summed E-state index contributed by atoms with van der Waals surface area (Å²) in [5, 5.41) is 15.2. The summed E-state index contributed by atoms with van der Waals surface area (Å²) in [5.74, 6) is -0.689. The Hall–Kier alpha value is -3.21. The summed E-state index contributed by atoms with van der Waals surface area (Å²) in [4.78, 5) is 13.6. The highest BCUT2D eigenvalue weighted by atomic mass is 79.9. The van der Waals surface area contributed by atoms with Gasteiger partial charge < -0.3 is 9.88 Å². The van der Waals surface area contributed by atoms with Crippen LogP contribution in [0.15, 0.2) is 76.2 Å². The molecular weight excluding hydrogens is 477 g/mol. The molecular formula is C24H17BrFN3OS. The van der Waals surface area contributed by atoms with Gasteiger partial charge in [-0.05, 0) is 53.4 Å². The van der Waals surface area contributed by atoms with E-state index >= 15 is 0 Å². The van der Waals surface area contributed by atoms with Crippen LogP contribution in [0.4, 0.5) is 4.39 Å². The molecule has 2 aromatic carbocycles. The van der Waals surface area contributed by atoms with Crippen LogP contribution in [0.5, 0.6) is 0 Å². The van der Waals surface area contributed by atoms with Crippen molar-refractivity contribution in [3.63, 3.8) is 0 Å². The van der Waals surface area contributed by atoms with Crippen molar-refractivity contribution >= 4 is 50.2 Å². The van der Waals surface area contributed by atoms with Crippen molar-refractivity contribution in [1.29, 1.82) is 5.26 Å². The van der Waals surface area contributed by atoms with Gasteiger partial charge in [0.15, 0.2) is 0 Å². The van der Waals surface area contributed by atoms with Crippen LogP contribution in [0.1, 0.15) is 16.0 Å². The number of fused-ring (bicyclic) bond motifs is 1. The fourth-order valence-corrected chi connectivity index (χ4v) is 4.31. The van der Waals surface area contributed by atoms with E-state index in [1.54, 1.807) is 29.5 Å². The number of hydrogen-bond acceptors (Lipinski definition) is 3. The minimum atomic E-state index is -0.412. The highest BCUT2D eigenvalue weighted by Gasteiger charge is 2.13. The van der Waals surface area contributed by atoms with Gasteiger partial charge in [-0.3, -0.25) is 4.79 Å². The molecule has 0 bridgehead atoms. The van der Waals surface area contributed by atoms with E-state index in [1.165, 1.54) is 12.1 Å². The molecule has 0 aliphatic rings. The van der Waals surface area contributed by atoms with Gasteiger partial charge in [-0.1, -0.05) is 34.1 Å². The van der Waals surface area contributed by atoms with Crippen LogP contribution in [0, 0.1) is 17.1 Å². The van der Waals surface area contributed by atoms with Crippen LogP contribution < -0.4 is 5.32 Å². The van der Waals surface area contributed by atoms with Crippen LogP contribution in [-0.4, -0.2) is 10.5 Å². The zero-order valence-corrected chi connectivity index (χ0v) is 18.7. The molecule has 0 saturated heterocycles. The molecule has 0 unspecified atom stereocenters. The first-order valence-corrected chi connectivity index (χ1v) is 11.2. The minimum Gasteiger partial charge on any atom is -0.347 e. The first kappa shape index (κ1) is 21.0. The standard InChI is InChI=1S/C24H17BrFN3OS/c25-19-5-8-23-22(11-19)18(15-29(23)14-16-3-6-20(26)7-4-16)10-17(12-27)24(30)28-13-21-2-1-9-31-21/h1-11,15H,13-14H2,(H,28,30)/b17-10+. The van der Waals surface area contributed by atoms with Gasteiger partial charge in [0.25, 0.3) is 5.91 Å². The zero-order valence-electron chi connectivity index (χ0n) is 16.3. The van der Waals surface area contributed by atoms with E-state index in [9.17, 15) is 14.4 Å². The van der Waals surface area contributed by atoms with Crippen molar-refractivity contribution in [2.45, 2.75) is 13.1 Å². The molecule has 7 heteroatoms. The second kappa shape index (κ2) is 9.29. The normalized spacial score (nSPS) is 11.5. The summed E-state index contributed by atoms with van der Waals surface area (Å²) in [6.45, 7) is 0.923. The molecule has 0 aliphatic heterocycles. The van der Waals surface area contributed by atoms with Crippen molar-refractivity contribution in [2.75, 3.05) is 0 Å². The number of nitrogens with one attached hydrogen (secondary N) is 1. The van der Waals surface area contributed by atoms with Crippen molar-refractivity contribution in [3.8, 4) is 6.07 Å². The average molecular weight is 494 g/mol. The topological polar surface area (TPSA) is 57.8 Å². The SMILES string of the molecule is N#C/C(=C\c1cn(Cc2ccc(F)cc2)c2ccc(Br)cc12)C(=O)NCc1cccs1.